The number of rotatable bonds is 6. The largest absolute Gasteiger partial charge is 0.480 e. The molecule has 0 bridgehead atoms. The topological polar surface area (TPSA) is 98.7 Å². The molecule has 5 atom stereocenters. The van der Waals surface area contributed by atoms with Crippen LogP contribution in [-0.2, 0) is 9.59 Å². The van der Waals surface area contributed by atoms with Crippen LogP contribution in [0.5, 0.6) is 0 Å². The Morgan fingerprint density at radius 2 is 2.21 bits per heavy atom. The first-order valence-electron chi connectivity index (χ1n) is 6.47. The molecular weight excluding hydrogens is 248 g/mol. The van der Waals surface area contributed by atoms with Crippen LogP contribution in [0.3, 0.4) is 0 Å². The summed E-state index contributed by atoms with van der Waals surface area (Å²) in [4.78, 5) is 22.3. The van der Waals surface area contributed by atoms with Gasteiger partial charge in [0, 0.05) is 13.0 Å². The quantitative estimate of drug-likeness (QED) is 0.504. The molecule has 0 aromatic rings. The molecule has 1 rings (SSSR count). The summed E-state index contributed by atoms with van der Waals surface area (Å²) in [6.07, 6.45) is 1.84. The Labute approximate surface area is 112 Å². The van der Waals surface area contributed by atoms with Gasteiger partial charge in [-0.15, -0.1) is 6.58 Å². The Balaban J connectivity index is 2.89. The maximum absolute atomic E-state index is 11.2. The minimum atomic E-state index is -0.929. The average molecular weight is 270 g/mol. The van der Waals surface area contributed by atoms with E-state index >= 15 is 0 Å². The van der Waals surface area contributed by atoms with E-state index in [0.29, 0.717) is 12.8 Å². The summed E-state index contributed by atoms with van der Waals surface area (Å²) in [6.45, 7) is 6.89. The van der Waals surface area contributed by atoms with Crippen molar-refractivity contribution in [1.29, 1.82) is 0 Å². The Hall–Kier alpha value is -1.40. The number of amides is 1. The summed E-state index contributed by atoms with van der Waals surface area (Å²) in [6, 6.07) is -1.51. The molecule has 0 saturated carbocycles. The molecule has 1 aliphatic heterocycles. The minimum absolute atomic E-state index is 0.0980. The minimum Gasteiger partial charge on any atom is -0.480 e. The molecule has 6 nitrogen and oxygen atoms in total. The van der Waals surface area contributed by atoms with Gasteiger partial charge in [-0.05, 0) is 18.8 Å². The summed E-state index contributed by atoms with van der Waals surface area (Å²) in [5.74, 6) is -1.28. The number of carboxylic acid groups (broad SMARTS) is 1. The van der Waals surface area contributed by atoms with Crippen LogP contribution in [0.4, 0.5) is 0 Å². The molecule has 0 aromatic carbocycles. The number of hydrogen-bond donors (Lipinski definition) is 4. The zero-order valence-corrected chi connectivity index (χ0v) is 11.3. The lowest BCUT2D eigenvalue weighted by molar-refractivity contribution is -0.139. The maximum atomic E-state index is 11.2. The molecule has 1 heterocycles. The molecule has 4 N–H and O–H groups in total. The Morgan fingerprint density at radius 3 is 2.63 bits per heavy atom. The molecule has 6 heteroatoms. The van der Waals surface area contributed by atoms with Crippen LogP contribution in [0.15, 0.2) is 12.7 Å². The van der Waals surface area contributed by atoms with Crippen LogP contribution in [0, 0.1) is 5.92 Å². The lowest BCUT2D eigenvalue weighted by Gasteiger charge is -2.31. The highest BCUT2D eigenvalue weighted by Crippen LogP contribution is 2.26. The third-order valence-electron chi connectivity index (χ3n) is 3.55. The molecule has 0 aromatic heterocycles. The van der Waals surface area contributed by atoms with Crippen LogP contribution in [-0.4, -0.2) is 46.3 Å². The van der Waals surface area contributed by atoms with Gasteiger partial charge in [0.05, 0.1) is 12.1 Å². The Morgan fingerprint density at radius 1 is 1.58 bits per heavy atom. The number of carboxylic acids is 1. The molecular formula is C13H22N2O4. The van der Waals surface area contributed by atoms with Crippen molar-refractivity contribution in [2.24, 2.45) is 5.92 Å². The van der Waals surface area contributed by atoms with Crippen molar-refractivity contribution in [2.45, 2.75) is 50.9 Å². The molecule has 1 amide bonds. The Bertz CT molecular complexity index is 359. The van der Waals surface area contributed by atoms with Gasteiger partial charge in [-0.25, -0.2) is 0 Å². The van der Waals surface area contributed by atoms with Gasteiger partial charge in [0.25, 0.3) is 0 Å². The summed E-state index contributed by atoms with van der Waals surface area (Å²) >= 11 is 0. The van der Waals surface area contributed by atoms with Gasteiger partial charge in [0.2, 0.25) is 5.91 Å². The van der Waals surface area contributed by atoms with Crippen LogP contribution < -0.4 is 10.6 Å². The van der Waals surface area contributed by atoms with E-state index in [1.165, 1.54) is 6.92 Å². The summed E-state index contributed by atoms with van der Waals surface area (Å²) < 4.78 is 0. The van der Waals surface area contributed by atoms with Crippen LogP contribution >= 0.6 is 0 Å². The highest BCUT2D eigenvalue weighted by atomic mass is 16.4. The van der Waals surface area contributed by atoms with Gasteiger partial charge in [-0.2, -0.15) is 0 Å². The Kier molecular flexibility index (Phi) is 5.50. The van der Waals surface area contributed by atoms with Crippen molar-refractivity contribution in [3.63, 3.8) is 0 Å². The molecule has 0 radical (unpaired) electrons. The SMILES string of the molecule is C=C[C@@H]1C[C@H](C(=O)O)N[C@H]1[C@@H](NC(C)=O)[C@H](O)CC. The normalized spacial score (nSPS) is 29.5. The van der Waals surface area contributed by atoms with Crippen molar-refractivity contribution in [3.05, 3.63) is 12.7 Å². The van der Waals surface area contributed by atoms with Gasteiger partial charge in [0.15, 0.2) is 0 Å². The highest BCUT2D eigenvalue weighted by Gasteiger charge is 2.42. The van der Waals surface area contributed by atoms with E-state index in [2.05, 4.69) is 17.2 Å². The second kappa shape index (κ2) is 6.68. The number of carbonyl (C=O) groups is 2. The van der Waals surface area contributed by atoms with E-state index in [9.17, 15) is 14.7 Å². The molecule has 108 valence electrons. The summed E-state index contributed by atoms with van der Waals surface area (Å²) in [7, 11) is 0. The van der Waals surface area contributed by atoms with Gasteiger partial charge in [0.1, 0.15) is 6.04 Å². The van der Waals surface area contributed by atoms with Crippen LogP contribution in [0.25, 0.3) is 0 Å². The maximum Gasteiger partial charge on any atom is 0.320 e. The second-order valence-corrected chi connectivity index (χ2v) is 4.92. The molecule has 0 aliphatic carbocycles. The predicted molar refractivity (Wildman–Crippen MR) is 70.6 cm³/mol. The highest BCUT2D eigenvalue weighted by molar-refractivity contribution is 5.75. The smallest absolute Gasteiger partial charge is 0.320 e. The lowest BCUT2D eigenvalue weighted by atomic mass is 9.90. The summed E-state index contributed by atoms with van der Waals surface area (Å²) in [5, 5.41) is 24.8. The van der Waals surface area contributed by atoms with E-state index in [1.54, 1.807) is 6.08 Å². The first-order chi connectivity index (χ1) is 8.90. The van der Waals surface area contributed by atoms with E-state index < -0.39 is 24.2 Å². The van der Waals surface area contributed by atoms with E-state index in [-0.39, 0.29) is 17.9 Å². The lowest BCUT2D eigenvalue weighted by Crippen LogP contribution is -2.56. The van der Waals surface area contributed by atoms with Gasteiger partial charge >= 0.3 is 5.97 Å². The first-order valence-corrected chi connectivity index (χ1v) is 6.47. The molecule has 19 heavy (non-hydrogen) atoms. The molecule has 0 unspecified atom stereocenters. The zero-order valence-electron chi connectivity index (χ0n) is 11.3. The molecule has 1 saturated heterocycles. The summed E-state index contributed by atoms with van der Waals surface area (Å²) in [5.41, 5.74) is 0. The van der Waals surface area contributed by atoms with Crippen LogP contribution in [0.1, 0.15) is 26.7 Å². The number of aliphatic hydroxyl groups excluding tert-OH is 1. The fourth-order valence-corrected chi connectivity index (χ4v) is 2.54. The molecule has 1 fully saturated rings. The van der Waals surface area contributed by atoms with Crippen LogP contribution in [0.2, 0.25) is 0 Å². The zero-order chi connectivity index (χ0) is 14.6. The van der Waals surface area contributed by atoms with Crippen molar-refractivity contribution < 1.29 is 19.8 Å². The van der Waals surface area contributed by atoms with E-state index in [1.807, 2.05) is 6.92 Å². The van der Waals surface area contributed by atoms with Crippen molar-refractivity contribution in [3.8, 4) is 0 Å². The fraction of sp³-hybridized carbons (Fsp3) is 0.692. The number of carbonyl (C=O) groups excluding carboxylic acids is 1. The number of nitrogens with one attached hydrogen (secondary N) is 2. The standard InChI is InChI=1S/C13H22N2O4/c1-4-8-6-9(13(18)19)15-11(8)12(10(17)5-2)14-7(3)16/h4,8-12,15,17H,1,5-6H2,2-3H3,(H,14,16)(H,18,19)/t8-,9-,10-,11-,12+/m1/s1. The average Bonchev–Trinajstić information content (AvgIpc) is 2.78. The first kappa shape index (κ1) is 15.7. The predicted octanol–water partition coefficient (Wildman–Crippen LogP) is -0.121. The fourth-order valence-electron chi connectivity index (χ4n) is 2.54. The van der Waals surface area contributed by atoms with Crippen molar-refractivity contribution in [1.82, 2.24) is 10.6 Å². The molecule has 0 spiro atoms. The van der Waals surface area contributed by atoms with Crippen molar-refractivity contribution in [2.75, 3.05) is 0 Å². The number of aliphatic carboxylic acids is 1. The van der Waals surface area contributed by atoms with Crippen molar-refractivity contribution >= 4 is 11.9 Å². The number of aliphatic hydroxyl groups is 1. The van der Waals surface area contributed by atoms with E-state index in [0.717, 1.165) is 0 Å². The van der Waals surface area contributed by atoms with Gasteiger partial charge in [-0.3, -0.25) is 14.9 Å². The monoisotopic (exact) mass is 270 g/mol. The third kappa shape index (κ3) is 3.78. The third-order valence-corrected chi connectivity index (χ3v) is 3.55. The molecule has 1 aliphatic rings. The number of hydrogen-bond acceptors (Lipinski definition) is 4. The van der Waals surface area contributed by atoms with Gasteiger partial charge in [-0.1, -0.05) is 13.0 Å². The van der Waals surface area contributed by atoms with Gasteiger partial charge < -0.3 is 15.5 Å². The second-order valence-electron chi connectivity index (χ2n) is 4.92. The van der Waals surface area contributed by atoms with E-state index in [4.69, 9.17) is 5.11 Å².